The molecule has 0 aliphatic rings. The van der Waals surface area contributed by atoms with Crippen molar-refractivity contribution in [1.82, 2.24) is 0 Å². The topological polar surface area (TPSA) is 9.23 Å². The van der Waals surface area contributed by atoms with Gasteiger partial charge in [0.15, 0.2) is 5.75 Å². The van der Waals surface area contributed by atoms with E-state index in [-0.39, 0.29) is 0 Å². The number of benzene rings is 2. The van der Waals surface area contributed by atoms with E-state index in [4.69, 9.17) is 39.5 Å². The highest BCUT2D eigenvalue weighted by Crippen LogP contribution is 2.40. The van der Waals surface area contributed by atoms with Gasteiger partial charge in [0, 0.05) is 0 Å². The molecule has 2 aromatic rings. The highest BCUT2D eigenvalue weighted by molar-refractivity contribution is 6.44. The van der Waals surface area contributed by atoms with Crippen LogP contribution >= 0.6 is 34.8 Å². The summed E-state index contributed by atoms with van der Waals surface area (Å²) in [6.07, 6.45) is 0. The van der Waals surface area contributed by atoms with Crippen LogP contribution in [-0.4, -0.2) is 0 Å². The van der Waals surface area contributed by atoms with Crippen molar-refractivity contribution >= 4 is 34.8 Å². The molecule has 0 heterocycles. The van der Waals surface area contributed by atoms with E-state index in [1.165, 1.54) is 0 Å². The van der Waals surface area contributed by atoms with Gasteiger partial charge in [-0.3, -0.25) is 0 Å². The van der Waals surface area contributed by atoms with Crippen LogP contribution in [0.4, 0.5) is 0 Å². The van der Waals surface area contributed by atoms with Gasteiger partial charge in [-0.25, -0.2) is 0 Å². The Morgan fingerprint density at radius 2 is 1.65 bits per heavy atom. The molecule has 4 heteroatoms. The molecular formula is C13H9Cl3O. The quantitative estimate of drug-likeness (QED) is 0.639. The molecule has 0 atom stereocenters. The molecule has 88 valence electrons. The van der Waals surface area contributed by atoms with Crippen LogP contribution < -0.4 is 4.74 Å². The smallest absolute Gasteiger partial charge is 0.166 e. The van der Waals surface area contributed by atoms with Gasteiger partial charge in [-0.1, -0.05) is 46.9 Å². The summed E-state index contributed by atoms with van der Waals surface area (Å²) in [4.78, 5) is 0. The Morgan fingerprint density at radius 3 is 2.35 bits per heavy atom. The fourth-order valence-corrected chi connectivity index (χ4v) is 2.00. The number of ether oxygens (including phenoxy) is 1. The first-order chi connectivity index (χ1) is 8.08. The molecule has 0 amide bonds. The maximum Gasteiger partial charge on any atom is 0.166 e. The standard InChI is InChI=1S/C13H9Cl3O/c1-8-3-2-4-9(7-8)17-13-11(15)6-5-10(14)12(13)16/h2-7H,1H3. The minimum absolute atomic E-state index is 0.320. The Kier molecular flexibility index (Phi) is 3.82. The van der Waals surface area contributed by atoms with Crippen molar-refractivity contribution in [3.63, 3.8) is 0 Å². The van der Waals surface area contributed by atoms with Gasteiger partial charge in [0.2, 0.25) is 0 Å². The van der Waals surface area contributed by atoms with Crippen LogP contribution in [0, 0.1) is 6.92 Å². The average Bonchev–Trinajstić information content (AvgIpc) is 2.30. The van der Waals surface area contributed by atoms with E-state index in [1.54, 1.807) is 12.1 Å². The van der Waals surface area contributed by atoms with Crippen molar-refractivity contribution in [2.24, 2.45) is 0 Å². The number of aryl methyl sites for hydroxylation is 1. The monoisotopic (exact) mass is 286 g/mol. The van der Waals surface area contributed by atoms with Crippen LogP contribution in [0.2, 0.25) is 15.1 Å². The Hall–Kier alpha value is -0.890. The van der Waals surface area contributed by atoms with Gasteiger partial charge >= 0.3 is 0 Å². The SMILES string of the molecule is Cc1cccc(Oc2c(Cl)ccc(Cl)c2Cl)c1. The number of halogens is 3. The average molecular weight is 288 g/mol. The summed E-state index contributed by atoms with van der Waals surface area (Å²) in [5.41, 5.74) is 1.09. The molecule has 0 bridgehead atoms. The second kappa shape index (κ2) is 5.18. The zero-order valence-corrected chi connectivity index (χ0v) is 11.3. The van der Waals surface area contributed by atoms with E-state index in [9.17, 15) is 0 Å². The third kappa shape index (κ3) is 2.86. The molecular weight excluding hydrogens is 279 g/mol. The third-order valence-corrected chi connectivity index (χ3v) is 3.30. The summed E-state index contributed by atoms with van der Waals surface area (Å²) in [7, 11) is 0. The predicted octanol–water partition coefficient (Wildman–Crippen LogP) is 5.75. The minimum atomic E-state index is 0.320. The van der Waals surface area contributed by atoms with E-state index in [0.717, 1.165) is 5.56 Å². The zero-order chi connectivity index (χ0) is 12.4. The van der Waals surface area contributed by atoms with E-state index < -0.39 is 0 Å². The molecule has 0 aliphatic heterocycles. The lowest BCUT2D eigenvalue weighted by atomic mass is 10.2. The van der Waals surface area contributed by atoms with Crippen LogP contribution in [0.3, 0.4) is 0 Å². The van der Waals surface area contributed by atoms with Crippen LogP contribution in [0.1, 0.15) is 5.56 Å². The van der Waals surface area contributed by atoms with Crippen LogP contribution in [-0.2, 0) is 0 Å². The zero-order valence-electron chi connectivity index (χ0n) is 9.01. The Morgan fingerprint density at radius 1 is 0.941 bits per heavy atom. The van der Waals surface area contributed by atoms with Crippen molar-refractivity contribution in [2.45, 2.75) is 6.92 Å². The maximum atomic E-state index is 6.05. The third-order valence-electron chi connectivity index (χ3n) is 2.21. The van der Waals surface area contributed by atoms with Crippen molar-refractivity contribution in [1.29, 1.82) is 0 Å². The van der Waals surface area contributed by atoms with Gasteiger partial charge in [0.1, 0.15) is 10.8 Å². The van der Waals surface area contributed by atoms with Gasteiger partial charge in [0.25, 0.3) is 0 Å². The molecule has 0 radical (unpaired) electrons. The molecule has 0 unspecified atom stereocenters. The van der Waals surface area contributed by atoms with Gasteiger partial charge < -0.3 is 4.74 Å². The van der Waals surface area contributed by atoms with E-state index in [1.807, 2.05) is 31.2 Å². The summed E-state index contributed by atoms with van der Waals surface area (Å²) in [5, 5.41) is 1.17. The summed E-state index contributed by atoms with van der Waals surface area (Å²) in [6, 6.07) is 10.9. The molecule has 0 saturated heterocycles. The lowest BCUT2D eigenvalue weighted by Gasteiger charge is -2.10. The lowest BCUT2D eigenvalue weighted by molar-refractivity contribution is 0.483. The summed E-state index contributed by atoms with van der Waals surface area (Å²) in [5.74, 6) is 1.06. The Balaban J connectivity index is 2.39. The molecule has 0 saturated carbocycles. The molecule has 0 fully saturated rings. The highest BCUT2D eigenvalue weighted by Gasteiger charge is 2.11. The summed E-state index contributed by atoms with van der Waals surface area (Å²) in [6.45, 7) is 1.98. The van der Waals surface area contributed by atoms with E-state index in [0.29, 0.717) is 26.6 Å². The number of hydrogen-bond donors (Lipinski definition) is 0. The first-order valence-corrected chi connectivity index (χ1v) is 6.09. The van der Waals surface area contributed by atoms with Crippen LogP contribution in [0.15, 0.2) is 36.4 Å². The second-order valence-electron chi connectivity index (χ2n) is 3.59. The summed E-state index contributed by atoms with van der Waals surface area (Å²) < 4.78 is 5.65. The molecule has 1 nitrogen and oxygen atoms in total. The summed E-state index contributed by atoms with van der Waals surface area (Å²) >= 11 is 18.0. The molecule has 0 N–H and O–H groups in total. The normalized spacial score (nSPS) is 10.4. The number of rotatable bonds is 2. The first kappa shape index (κ1) is 12.6. The molecule has 17 heavy (non-hydrogen) atoms. The minimum Gasteiger partial charge on any atom is -0.454 e. The molecule has 0 aliphatic carbocycles. The molecule has 2 rings (SSSR count). The molecule has 0 aromatic heterocycles. The fraction of sp³-hybridized carbons (Fsp3) is 0.0769. The Labute approximate surface area is 115 Å². The van der Waals surface area contributed by atoms with Gasteiger partial charge in [0.05, 0.1) is 10.0 Å². The van der Waals surface area contributed by atoms with Gasteiger partial charge in [-0.15, -0.1) is 0 Å². The molecule has 2 aromatic carbocycles. The second-order valence-corrected chi connectivity index (χ2v) is 4.78. The Bertz CT molecular complexity index is 552. The van der Waals surface area contributed by atoms with Crippen molar-refractivity contribution in [3.05, 3.63) is 57.0 Å². The lowest BCUT2D eigenvalue weighted by Crippen LogP contribution is -1.87. The number of hydrogen-bond acceptors (Lipinski definition) is 1. The van der Waals surface area contributed by atoms with Gasteiger partial charge in [-0.2, -0.15) is 0 Å². The van der Waals surface area contributed by atoms with E-state index in [2.05, 4.69) is 0 Å². The van der Waals surface area contributed by atoms with E-state index >= 15 is 0 Å². The van der Waals surface area contributed by atoms with Crippen molar-refractivity contribution < 1.29 is 4.74 Å². The highest BCUT2D eigenvalue weighted by atomic mass is 35.5. The van der Waals surface area contributed by atoms with Gasteiger partial charge in [-0.05, 0) is 36.8 Å². The fourth-order valence-electron chi connectivity index (χ4n) is 1.40. The maximum absolute atomic E-state index is 6.05. The van der Waals surface area contributed by atoms with Crippen LogP contribution in [0.5, 0.6) is 11.5 Å². The van der Waals surface area contributed by atoms with Crippen LogP contribution in [0.25, 0.3) is 0 Å². The molecule has 0 spiro atoms. The first-order valence-electron chi connectivity index (χ1n) is 4.96. The van der Waals surface area contributed by atoms with Crippen molar-refractivity contribution in [2.75, 3.05) is 0 Å². The largest absolute Gasteiger partial charge is 0.454 e. The predicted molar refractivity (Wildman–Crippen MR) is 72.7 cm³/mol. The van der Waals surface area contributed by atoms with Crippen molar-refractivity contribution in [3.8, 4) is 11.5 Å².